The molecule has 4 amide bonds. The van der Waals surface area contributed by atoms with E-state index in [-0.39, 0.29) is 37.1 Å². The van der Waals surface area contributed by atoms with Gasteiger partial charge in [0.2, 0.25) is 27.7 Å². The van der Waals surface area contributed by atoms with E-state index in [4.69, 9.17) is 14.2 Å². The summed E-state index contributed by atoms with van der Waals surface area (Å²) in [6.07, 6.45) is 7.62. The average Bonchev–Trinajstić information content (AvgIpc) is 4.03. The second-order valence-corrected chi connectivity index (χ2v) is 18.1. The first-order valence-electron chi connectivity index (χ1n) is 18.8. The topological polar surface area (TPSA) is 195 Å². The van der Waals surface area contributed by atoms with Crippen LogP contribution >= 0.6 is 0 Å². The highest BCUT2D eigenvalue weighted by molar-refractivity contribution is 7.91. The van der Waals surface area contributed by atoms with Crippen LogP contribution < -0.4 is 24.8 Å². The number of sulfonamides is 1. The van der Waals surface area contributed by atoms with E-state index in [1.54, 1.807) is 46.1 Å². The minimum atomic E-state index is -3.90. The van der Waals surface area contributed by atoms with Gasteiger partial charge in [0.15, 0.2) is 0 Å². The maximum Gasteiger partial charge on any atom is 0.408 e. The molecule has 1 saturated heterocycles. The van der Waals surface area contributed by atoms with Crippen LogP contribution in [0, 0.1) is 17.8 Å². The molecule has 2 aliphatic carbocycles. The Morgan fingerprint density at radius 2 is 1.87 bits per heavy atom. The van der Waals surface area contributed by atoms with Crippen molar-refractivity contribution >= 4 is 44.9 Å². The van der Waals surface area contributed by atoms with Gasteiger partial charge in [-0.2, -0.15) is 0 Å². The van der Waals surface area contributed by atoms with E-state index in [9.17, 15) is 27.6 Å². The third kappa shape index (κ3) is 8.90. The number of alkyl carbamates (subject to hydrolysis) is 1. The molecule has 0 spiro atoms. The van der Waals surface area contributed by atoms with Gasteiger partial charge in [-0.05, 0) is 83.3 Å². The molecule has 294 valence electrons. The van der Waals surface area contributed by atoms with E-state index in [1.807, 2.05) is 19.1 Å². The van der Waals surface area contributed by atoms with Crippen LogP contribution in [0.15, 0.2) is 36.5 Å². The normalized spacial score (nSPS) is 29.2. The summed E-state index contributed by atoms with van der Waals surface area (Å²) in [5.74, 6) is -1.73. The molecule has 2 aromatic rings. The van der Waals surface area contributed by atoms with E-state index < -0.39 is 74.3 Å². The monoisotopic (exact) mass is 768 g/mol. The molecule has 2 aliphatic heterocycles. The van der Waals surface area contributed by atoms with Crippen LogP contribution in [0.4, 0.5) is 4.79 Å². The van der Waals surface area contributed by atoms with Gasteiger partial charge in [0.25, 0.3) is 5.91 Å². The van der Waals surface area contributed by atoms with Crippen molar-refractivity contribution in [2.24, 2.45) is 17.8 Å². The molecule has 2 saturated carbocycles. The minimum absolute atomic E-state index is 0.0281. The Hall–Kier alpha value is -4.47. The highest BCUT2D eigenvalue weighted by Crippen LogP contribution is 2.46. The maximum absolute atomic E-state index is 14.8. The van der Waals surface area contributed by atoms with Gasteiger partial charge in [0, 0.05) is 18.4 Å². The molecule has 1 aromatic heterocycles. The van der Waals surface area contributed by atoms with Crippen molar-refractivity contribution in [3.63, 3.8) is 0 Å². The van der Waals surface area contributed by atoms with E-state index in [0.717, 1.165) is 6.42 Å². The number of fused-ring (bicyclic) bond motifs is 3. The molecule has 6 rings (SSSR count). The zero-order valence-corrected chi connectivity index (χ0v) is 32.6. The Labute approximate surface area is 316 Å². The first kappa shape index (κ1) is 39.2. The third-order valence-electron chi connectivity index (χ3n) is 10.7. The smallest absolute Gasteiger partial charge is 0.408 e. The van der Waals surface area contributed by atoms with E-state index in [0.29, 0.717) is 48.9 Å². The number of methoxy groups -OCH3 is 1. The third-order valence-corrected chi connectivity index (χ3v) is 12.5. The second-order valence-electron chi connectivity index (χ2n) is 16.1. The van der Waals surface area contributed by atoms with Crippen LogP contribution in [-0.4, -0.2) is 95.3 Å². The van der Waals surface area contributed by atoms with Gasteiger partial charge in [0.1, 0.15) is 35.1 Å². The lowest BCUT2D eigenvalue weighted by molar-refractivity contribution is -0.142. The first-order chi connectivity index (χ1) is 25.5. The highest BCUT2D eigenvalue weighted by Gasteiger charge is 2.62. The molecular weight excluding hydrogens is 717 g/mol. The second kappa shape index (κ2) is 15.3. The summed E-state index contributed by atoms with van der Waals surface area (Å²) < 4.78 is 45.2. The summed E-state index contributed by atoms with van der Waals surface area (Å²) in [6, 6.07) is 3.09. The van der Waals surface area contributed by atoms with Gasteiger partial charge in [-0.3, -0.25) is 19.1 Å². The van der Waals surface area contributed by atoms with Gasteiger partial charge in [-0.25, -0.2) is 23.2 Å². The quantitative estimate of drug-likeness (QED) is 0.331. The first-order valence-corrected chi connectivity index (χ1v) is 20.4. The van der Waals surface area contributed by atoms with Crippen LogP contribution in [0.1, 0.15) is 86.0 Å². The van der Waals surface area contributed by atoms with Gasteiger partial charge in [0.05, 0.1) is 36.1 Å². The number of carbonyl (C=O) groups is 4. The Bertz CT molecular complexity index is 1910. The van der Waals surface area contributed by atoms with Crippen molar-refractivity contribution in [1.82, 2.24) is 30.2 Å². The number of nitrogens with zero attached hydrogens (tertiary/aromatic N) is 3. The van der Waals surface area contributed by atoms with Gasteiger partial charge in [-0.15, -0.1) is 0 Å². The van der Waals surface area contributed by atoms with Crippen molar-refractivity contribution in [2.75, 3.05) is 13.7 Å². The molecule has 0 radical (unpaired) electrons. The number of rotatable bonds is 8. The molecule has 7 unspecified atom stereocenters. The summed E-state index contributed by atoms with van der Waals surface area (Å²) in [5, 5.41) is 5.09. The fourth-order valence-corrected chi connectivity index (χ4v) is 8.84. The largest absolute Gasteiger partial charge is 0.497 e. The summed E-state index contributed by atoms with van der Waals surface area (Å²) >= 11 is 0. The number of benzene rings is 1. The number of carbonyl (C=O) groups excluding carboxylic acids is 4. The molecular formula is C38H52N6O9S. The van der Waals surface area contributed by atoms with Crippen LogP contribution in [0.25, 0.3) is 11.0 Å². The lowest BCUT2D eigenvalue weighted by atomic mass is 9.85. The van der Waals surface area contributed by atoms with Crippen molar-refractivity contribution < 1.29 is 41.8 Å². The van der Waals surface area contributed by atoms with Crippen molar-refractivity contribution in [3.05, 3.63) is 36.5 Å². The maximum atomic E-state index is 14.8. The molecule has 4 aliphatic rings. The number of nitrogens with one attached hydrogen (secondary N) is 3. The molecule has 3 N–H and O–H groups in total. The van der Waals surface area contributed by atoms with Gasteiger partial charge in [-0.1, -0.05) is 32.4 Å². The zero-order valence-electron chi connectivity index (χ0n) is 31.8. The van der Waals surface area contributed by atoms with Gasteiger partial charge >= 0.3 is 6.09 Å². The number of ether oxygens (including phenoxy) is 3. The summed E-state index contributed by atoms with van der Waals surface area (Å²) in [6.45, 7) is 9.22. The summed E-state index contributed by atoms with van der Waals surface area (Å²) in [5.41, 5.74) is -1.19. The molecule has 16 heteroatoms. The van der Waals surface area contributed by atoms with Crippen molar-refractivity contribution in [1.29, 1.82) is 0 Å². The minimum Gasteiger partial charge on any atom is -0.497 e. The number of allylic oxidation sites excluding steroid dienone is 1. The van der Waals surface area contributed by atoms with Crippen LogP contribution in [0.2, 0.25) is 0 Å². The summed E-state index contributed by atoms with van der Waals surface area (Å²) in [7, 11) is -2.35. The SMILES string of the molecule is CCC1CC(C)CCC=CC2CC2(C(=O)NS(=O)(=O)C2CC2)NC(=O)C2CC(Oc3cnc4ccc(OC)cc4n3)CN2C(=O)C1NC(=O)OC(C)(C)C. The lowest BCUT2D eigenvalue weighted by Gasteiger charge is -2.34. The van der Waals surface area contributed by atoms with Crippen molar-refractivity contribution in [3.8, 4) is 11.6 Å². The van der Waals surface area contributed by atoms with Crippen LogP contribution in [-0.2, 0) is 29.1 Å². The zero-order chi connectivity index (χ0) is 39.0. The number of hydrogen-bond acceptors (Lipinski definition) is 11. The standard InChI is InChI=1S/C38H52N6O9S/c1-7-23-16-22(2)10-8-9-11-24-19-38(24,35(47)43-54(49,50)27-13-14-27)42-33(45)30-18-26(21-44(30)34(46)32(23)41-36(48)53-37(3,4)5)52-31-20-39-28-15-12-25(51-6)17-29(28)40-31/h9,11-12,15,17,20,22-24,26-27,30,32H,7-8,10,13-14,16,18-19,21H2,1-6H3,(H,41,48)(H,42,45)(H,43,47). The van der Waals surface area contributed by atoms with E-state index in [1.165, 1.54) is 11.1 Å². The molecule has 3 heterocycles. The Balaban J connectivity index is 1.34. The number of amides is 4. The molecule has 7 atom stereocenters. The average molecular weight is 769 g/mol. The highest BCUT2D eigenvalue weighted by atomic mass is 32.2. The molecule has 54 heavy (non-hydrogen) atoms. The van der Waals surface area contributed by atoms with Gasteiger partial charge < -0.3 is 29.7 Å². The number of aromatic nitrogens is 2. The van der Waals surface area contributed by atoms with Crippen molar-refractivity contribution in [2.45, 2.75) is 121 Å². The fraction of sp³-hybridized carbons (Fsp3) is 0.632. The predicted octanol–water partition coefficient (Wildman–Crippen LogP) is 3.77. The number of hydrogen-bond donors (Lipinski definition) is 3. The molecule has 3 fully saturated rings. The van der Waals surface area contributed by atoms with E-state index >= 15 is 0 Å². The molecule has 15 nitrogen and oxygen atoms in total. The van der Waals surface area contributed by atoms with E-state index in [2.05, 4.69) is 32.2 Å². The Morgan fingerprint density at radius 3 is 2.56 bits per heavy atom. The molecule has 1 aromatic carbocycles. The Kier molecular flexibility index (Phi) is 11.1. The lowest BCUT2D eigenvalue weighted by Crippen LogP contribution is -2.59. The van der Waals surface area contributed by atoms with Crippen LogP contribution in [0.3, 0.4) is 0 Å². The predicted molar refractivity (Wildman–Crippen MR) is 199 cm³/mol. The Morgan fingerprint density at radius 1 is 1.11 bits per heavy atom. The fourth-order valence-electron chi connectivity index (χ4n) is 7.48. The summed E-state index contributed by atoms with van der Waals surface area (Å²) in [4.78, 5) is 66.7. The molecule has 0 bridgehead atoms. The van der Waals surface area contributed by atoms with Crippen LogP contribution in [0.5, 0.6) is 11.6 Å².